The van der Waals surface area contributed by atoms with E-state index in [2.05, 4.69) is 43.3 Å². The van der Waals surface area contributed by atoms with Crippen LogP contribution in [0.5, 0.6) is 0 Å². The zero-order valence-electron chi connectivity index (χ0n) is 12.4. The molecule has 2 heterocycles. The van der Waals surface area contributed by atoms with Gasteiger partial charge in [-0.05, 0) is 39.4 Å². The lowest BCUT2D eigenvalue weighted by Gasteiger charge is -2.16. The maximum Gasteiger partial charge on any atom is 0.0644 e. The maximum atomic E-state index is 4.52. The summed E-state index contributed by atoms with van der Waals surface area (Å²) < 4.78 is 1.97. The maximum absolute atomic E-state index is 4.52. The molecule has 2 aromatic heterocycles. The molecule has 0 spiro atoms. The van der Waals surface area contributed by atoms with E-state index in [9.17, 15) is 0 Å². The van der Waals surface area contributed by atoms with Gasteiger partial charge in [0.15, 0.2) is 0 Å². The smallest absolute Gasteiger partial charge is 0.0644 e. The molecular weight excluding hydrogens is 254 g/mol. The van der Waals surface area contributed by atoms with Crippen molar-refractivity contribution in [1.29, 1.82) is 0 Å². The van der Waals surface area contributed by atoms with Gasteiger partial charge < -0.3 is 5.32 Å². The van der Waals surface area contributed by atoms with E-state index >= 15 is 0 Å². The quantitative estimate of drug-likeness (QED) is 0.910. The average Bonchev–Trinajstić information content (AvgIpc) is 2.93. The zero-order valence-corrected chi connectivity index (χ0v) is 13.3. The number of likely N-dealkylation sites (N-methyl/N-ethyl adjacent to an activating group) is 1. The average molecular weight is 277 g/mol. The van der Waals surface area contributed by atoms with Gasteiger partial charge in [0.25, 0.3) is 0 Å². The van der Waals surface area contributed by atoms with Crippen molar-refractivity contribution in [1.82, 2.24) is 15.1 Å². The monoisotopic (exact) mass is 277 g/mol. The fourth-order valence-electron chi connectivity index (χ4n) is 2.57. The first kappa shape index (κ1) is 14.3. The lowest BCUT2D eigenvalue weighted by Crippen LogP contribution is -2.20. The Kier molecular flexibility index (Phi) is 4.42. The van der Waals surface area contributed by atoms with Gasteiger partial charge in [-0.1, -0.05) is 6.92 Å². The fraction of sp³-hybridized carbons (Fsp3) is 0.533. The summed E-state index contributed by atoms with van der Waals surface area (Å²) in [7, 11) is 4.05. The molecule has 0 aliphatic rings. The molecule has 4 heteroatoms. The van der Waals surface area contributed by atoms with Crippen LogP contribution in [0.3, 0.4) is 0 Å². The topological polar surface area (TPSA) is 29.9 Å². The molecule has 0 amide bonds. The Balaban J connectivity index is 2.24. The van der Waals surface area contributed by atoms with E-state index in [0.717, 1.165) is 18.5 Å². The van der Waals surface area contributed by atoms with Crippen molar-refractivity contribution in [2.45, 2.75) is 39.7 Å². The van der Waals surface area contributed by atoms with Crippen molar-refractivity contribution < 1.29 is 0 Å². The Hall–Kier alpha value is -1.13. The van der Waals surface area contributed by atoms with Gasteiger partial charge in [0.1, 0.15) is 0 Å². The third-order valence-corrected chi connectivity index (χ3v) is 4.98. The number of rotatable bonds is 5. The molecule has 3 nitrogen and oxygen atoms in total. The van der Waals surface area contributed by atoms with Crippen LogP contribution < -0.4 is 5.32 Å². The van der Waals surface area contributed by atoms with Gasteiger partial charge in [0.2, 0.25) is 0 Å². The number of aromatic nitrogens is 2. The van der Waals surface area contributed by atoms with Gasteiger partial charge in [-0.15, -0.1) is 11.3 Å². The van der Waals surface area contributed by atoms with Crippen molar-refractivity contribution in [3.8, 4) is 0 Å². The van der Waals surface area contributed by atoms with E-state index < -0.39 is 0 Å². The number of thiophene rings is 1. The Morgan fingerprint density at radius 2 is 2.00 bits per heavy atom. The van der Waals surface area contributed by atoms with Crippen LogP contribution in [0, 0.1) is 13.8 Å². The molecule has 2 rings (SSSR count). The minimum atomic E-state index is 0.344. The molecule has 0 saturated carbocycles. The van der Waals surface area contributed by atoms with E-state index in [4.69, 9.17) is 0 Å². The molecule has 0 aliphatic carbocycles. The summed E-state index contributed by atoms with van der Waals surface area (Å²) in [6.45, 7) is 6.45. The summed E-state index contributed by atoms with van der Waals surface area (Å²) in [4.78, 5) is 2.91. The van der Waals surface area contributed by atoms with Crippen LogP contribution in [0.15, 0.2) is 12.1 Å². The highest BCUT2D eigenvalue weighted by atomic mass is 32.1. The van der Waals surface area contributed by atoms with Crippen LogP contribution in [-0.2, 0) is 19.9 Å². The fourth-order valence-corrected chi connectivity index (χ4v) is 3.57. The van der Waals surface area contributed by atoms with Crippen molar-refractivity contribution in [2.75, 3.05) is 7.05 Å². The van der Waals surface area contributed by atoms with Crippen molar-refractivity contribution in [3.05, 3.63) is 38.8 Å². The van der Waals surface area contributed by atoms with Crippen molar-refractivity contribution in [2.24, 2.45) is 7.05 Å². The second kappa shape index (κ2) is 5.88. The predicted octanol–water partition coefficient (Wildman–Crippen LogP) is 3.16. The van der Waals surface area contributed by atoms with Crippen LogP contribution in [0.25, 0.3) is 0 Å². The summed E-state index contributed by atoms with van der Waals surface area (Å²) in [5, 5.41) is 7.96. The van der Waals surface area contributed by atoms with Crippen LogP contribution in [0.1, 0.15) is 39.7 Å². The highest BCUT2D eigenvalue weighted by molar-refractivity contribution is 7.11. The molecule has 19 heavy (non-hydrogen) atoms. The number of nitrogens with one attached hydrogen (secondary N) is 1. The van der Waals surface area contributed by atoms with Crippen LogP contribution in [0.4, 0.5) is 0 Å². The van der Waals surface area contributed by atoms with Crippen molar-refractivity contribution >= 4 is 11.3 Å². The Bertz CT molecular complexity index is 554. The van der Waals surface area contributed by atoms with E-state index in [1.165, 1.54) is 21.0 Å². The molecule has 0 radical (unpaired) electrons. The minimum absolute atomic E-state index is 0.344. The van der Waals surface area contributed by atoms with E-state index in [1.807, 2.05) is 30.1 Å². The van der Waals surface area contributed by atoms with Gasteiger partial charge in [0.05, 0.1) is 5.69 Å². The summed E-state index contributed by atoms with van der Waals surface area (Å²) in [6, 6.07) is 4.85. The van der Waals surface area contributed by atoms with Gasteiger partial charge in [-0.25, -0.2) is 0 Å². The van der Waals surface area contributed by atoms with Gasteiger partial charge in [-0.3, -0.25) is 4.68 Å². The molecule has 0 bridgehead atoms. The first-order chi connectivity index (χ1) is 9.06. The Morgan fingerprint density at radius 1 is 1.32 bits per heavy atom. The highest BCUT2D eigenvalue weighted by Gasteiger charge is 2.19. The second-order valence-corrected chi connectivity index (χ2v) is 6.23. The molecule has 0 fully saturated rings. The van der Waals surface area contributed by atoms with E-state index in [0.29, 0.717) is 6.04 Å². The number of hydrogen-bond acceptors (Lipinski definition) is 3. The molecule has 2 aromatic rings. The molecule has 0 saturated heterocycles. The molecule has 1 N–H and O–H groups in total. The summed E-state index contributed by atoms with van der Waals surface area (Å²) >= 11 is 1.92. The normalized spacial score (nSPS) is 12.9. The van der Waals surface area contributed by atoms with Gasteiger partial charge >= 0.3 is 0 Å². The van der Waals surface area contributed by atoms with E-state index in [1.54, 1.807) is 0 Å². The molecule has 0 aliphatic heterocycles. The van der Waals surface area contributed by atoms with Crippen LogP contribution >= 0.6 is 11.3 Å². The van der Waals surface area contributed by atoms with Gasteiger partial charge in [0, 0.05) is 40.5 Å². The summed E-state index contributed by atoms with van der Waals surface area (Å²) in [5.74, 6) is 0. The lowest BCUT2D eigenvalue weighted by atomic mass is 10.0. The molecule has 1 atom stereocenters. The van der Waals surface area contributed by atoms with E-state index in [-0.39, 0.29) is 0 Å². The highest BCUT2D eigenvalue weighted by Crippen LogP contribution is 2.27. The summed E-state index contributed by atoms with van der Waals surface area (Å²) in [6.07, 6.45) is 2.16. The molecular formula is C15H23N3S. The van der Waals surface area contributed by atoms with Crippen LogP contribution in [0.2, 0.25) is 0 Å². The first-order valence-electron chi connectivity index (χ1n) is 6.81. The zero-order chi connectivity index (χ0) is 14.0. The van der Waals surface area contributed by atoms with Crippen LogP contribution in [-0.4, -0.2) is 16.8 Å². The Morgan fingerprint density at radius 3 is 2.47 bits per heavy atom. The molecule has 0 aromatic carbocycles. The largest absolute Gasteiger partial charge is 0.313 e. The second-order valence-electron chi connectivity index (χ2n) is 4.98. The first-order valence-corrected chi connectivity index (χ1v) is 7.63. The third kappa shape index (κ3) is 2.90. The number of nitrogens with zero attached hydrogens (tertiary/aromatic N) is 2. The SMILES string of the molecule is CCc1ccc(CC(NC)c2c(C)nn(C)c2C)s1. The number of aryl methyl sites for hydroxylation is 3. The number of hydrogen-bond donors (Lipinski definition) is 1. The third-order valence-electron chi connectivity index (χ3n) is 3.73. The van der Waals surface area contributed by atoms with Crippen molar-refractivity contribution in [3.63, 3.8) is 0 Å². The lowest BCUT2D eigenvalue weighted by molar-refractivity contribution is 0.588. The minimum Gasteiger partial charge on any atom is -0.313 e. The van der Waals surface area contributed by atoms with Gasteiger partial charge in [-0.2, -0.15) is 5.10 Å². The molecule has 1 unspecified atom stereocenters. The predicted molar refractivity (Wildman–Crippen MR) is 81.9 cm³/mol. The summed E-state index contributed by atoms with van der Waals surface area (Å²) in [5.41, 5.74) is 3.73. The standard InChI is InChI=1S/C15H23N3S/c1-6-12-7-8-13(19-12)9-14(16-4)15-10(2)17-18(5)11(15)3/h7-8,14,16H,6,9H2,1-5H3. The molecule has 104 valence electrons. The Labute approximate surface area is 119 Å².